The van der Waals surface area contributed by atoms with Gasteiger partial charge in [0.1, 0.15) is 24.0 Å². The molecule has 1 amide bonds. The summed E-state index contributed by atoms with van der Waals surface area (Å²) in [5.41, 5.74) is 2.40. The molecule has 3 heterocycles. The minimum Gasteiger partial charge on any atom is -0.486 e. The zero-order valence-corrected chi connectivity index (χ0v) is 23.3. The lowest BCUT2D eigenvalue weighted by Crippen LogP contribution is -2.39. The minimum absolute atomic E-state index is 0.0378. The largest absolute Gasteiger partial charge is 0.490 e. The first-order chi connectivity index (χ1) is 20.7. The Hall–Kier alpha value is -5.15. The lowest BCUT2D eigenvalue weighted by Gasteiger charge is -2.28. The van der Waals surface area contributed by atoms with Crippen molar-refractivity contribution in [3.8, 4) is 5.75 Å². The van der Waals surface area contributed by atoms with E-state index in [0.29, 0.717) is 53.7 Å². The van der Waals surface area contributed by atoms with Crippen LogP contribution in [0.25, 0.3) is 0 Å². The molecule has 0 saturated carbocycles. The van der Waals surface area contributed by atoms with Crippen LogP contribution in [0.5, 0.6) is 5.75 Å². The molecule has 2 N–H and O–H groups in total. The predicted molar refractivity (Wildman–Crippen MR) is 143 cm³/mol. The molecule has 44 heavy (non-hydrogen) atoms. The summed E-state index contributed by atoms with van der Waals surface area (Å²) in [6.07, 6.45) is -4.74. The average Bonchev–Trinajstić information content (AvgIpc) is 3.39. The second-order valence-corrected chi connectivity index (χ2v) is 9.70. The van der Waals surface area contributed by atoms with Crippen molar-refractivity contribution in [2.45, 2.75) is 46.1 Å². The number of aromatic amines is 1. The molecule has 0 radical (unpaired) electrons. The molecule has 16 heteroatoms. The van der Waals surface area contributed by atoms with E-state index in [0.717, 1.165) is 5.56 Å². The molecule has 1 aliphatic heterocycles. The van der Waals surface area contributed by atoms with E-state index in [9.17, 15) is 31.5 Å². The molecule has 0 bridgehead atoms. The summed E-state index contributed by atoms with van der Waals surface area (Å²) in [6, 6.07) is 10.1. The maximum atomic E-state index is 14.7. The summed E-state index contributed by atoms with van der Waals surface area (Å²) in [7, 11) is 0. The van der Waals surface area contributed by atoms with Crippen LogP contribution < -0.4 is 10.3 Å². The molecular formula is C28H25F5N6O5. The van der Waals surface area contributed by atoms with Gasteiger partial charge in [0, 0.05) is 25.1 Å². The average molecular weight is 621 g/mol. The van der Waals surface area contributed by atoms with Gasteiger partial charge in [0.2, 0.25) is 0 Å². The second kappa shape index (κ2) is 13.0. The number of ether oxygens (including phenoxy) is 1. The van der Waals surface area contributed by atoms with Crippen molar-refractivity contribution >= 4 is 11.9 Å². The van der Waals surface area contributed by atoms with Gasteiger partial charge in [-0.05, 0) is 61.4 Å². The fourth-order valence-corrected chi connectivity index (χ4v) is 4.23. The number of hydrogen-bond donors (Lipinski definition) is 2. The fraction of sp³-hybridized carbons (Fsp3) is 0.286. The molecule has 0 atom stereocenters. The van der Waals surface area contributed by atoms with Crippen molar-refractivity contribution in [3.05, 3.63) is 104 Å². The van der Waals surface area contributed by atoms with Gasteiger partial charge in [0.15, 0.2) is 11.6 Å². The highest BCUT2D eigenvalue weighted by molar-refractivity contribution is 5.94. The minimum atomic E-state index is -5.08. The predicted octanol–water partition coefficient (Wildman–Crippen LogP) is 3.72. The highest BCUT2D eigenvalue weighted by atomic mass is 19.4. The first-order valence-electron chi connectivity index (χ1n) is 13.0. The van der Waals surface area contributed by atoms with Crippen molar-refractivity contribution in [1.82, 2.24) is 29.9 Å². The van der Waals surface area contributed by atoms with Gasteiger partial charge in [-0.3, -0.25) is 9.59 Å². The molecule has 0 fully saturated rings. The van der Waals surface area contributed by atoms with Crippen LogP contribution in [0.15, 0.2) is 47.3 Å². The monoisotopic (exact) mass is 620 g/mol. The standard InChI is InChI=1S/C26H24F2N6O3.C2HF3O2/c1-15-16(2)25(35)32-29-22(15)12-17-3-8-21(28)20(11-17)26(36)33-9-10-34-23(13-33)30-31-24(34)14-37-19-6-4-18(27)5-7-19;3-2(4,5)1(6)7/h3-8,11H,9-10,12-14H2,1-2H3,(H,32,35);(H,6,7). The van der Waals surface area contributed by atoms with E-state index in [1.807, 2.05) is 11.5 Å². The maximum Gasteiger partial charge on any atom is 0.490 e. The zero-order valence-electron chi connectivity index (χ0n) is 23.3. The maximum absolute atomic E-state index is 14.7. The molecule has 5 rings (SSSR count). The number of rotatable bonds is 6. The summed E-state index contributed by atoms with van der Waals surface area (Å²) in [6.45, 7) is 4.61. The summed E-state index contributed by atoms with van der Waals surface area (Å²) in [4.78, 5) is 35.4. The van der Waals surface area contributed by atoms with Gasteiger partial charge in [-0.2, -0.15) is 18.3 Å². The van der Waals surface area contributed by atoms with Crippen LogP contribution in [0.4, 0.5) is 22.0 Å². The third kappa shape index (κ3) is 7.43. The smallest absolute Gasteiger partial charge is 0.486 e. The Morgan fingerprint density at radius 1 is 1.02 bits per heavy atom. The van der Waals surface area contributed by atoms with Crippen LogP contribution in [0.1, 0.15) is 44.4 Å². The number of amides is 1. The number of halogens is 5. The third-order valence-electron chi connectivity index (χ3n) is 6.80. The van der Waals surface area contributed by atoms with E-state index < -0.39 is 23.9 Å². The highest BCUT2D eigenvalue weighted by Gasteiger charge is 2.38. The Kier molecular flexibility index (Phi) is 9.40. The van der Waals surface area contributed by atoms with Crippen LogP contribution in [0, 0.1) is 25.5 Å². The SMILES string of the molecule is Cc1c(Cc2ccc(F)c(C(=O)N3CCn4c(COc5ccc(F)cc5)nnc4C3)c2)n[nH]c(=O)c1C.O=C(O)C(F)(F)F. The fourth-order valence-electron chi connectivity index (χ4n) is 4.23. The molecule has 0 saturated heterocycles. The molecule has 0 unspecified atom stereocenters. The van der Waals surface area contributed by atoms with E-state index in [1.165, 1.54) is 41.3 Å². The Labute approximate surface area is 245 Å². The molecular weight excluding hydrogens is 595 g/mol. The number of carbonyl (C=O) groups is 2. The number of benzene rings is 2. The van der Waals surface area contributed by atoms with E-state index >= 15 is 0 Å². The first-order valence-corrected chi connectivity index (χ1v) is 13.0. The van der Waals surface area contributed by atoms with Crippen molar-refractivity contribution in [2.75, 3.05) is 6.54 Å². The molecule has 2 aromatic carbocycles. The topological polar surface area (TPSA) is 143 Å². The number of aliphatic carboxylic acids is 1. The van der Waals surface area contributed by atoms with Gasteiger partial charge < -0.3 is 19.3 Å². The molecule has 0 spiro atoms. The van der Waals surface area contributed by atoms with E-state index in [1.54, 1.807) is 13.0 Å². The van der Waals surface area contributed by atoms with Gasteiger partial charge in [-0.1, -0.05) is 6.07 Å². The van der Waals surface area contributed by atoms with E-state index in [4.69, 9.17) is 14.6 Å². The van der Waals surface area contributed by atoms with Crippen LogP contribution >= 0.6 is 0 Å². The highest BCUT2D eigenvalue weighted by Crippen LogP contribution is 2.21. The molecule has 1 aliphatic rings. The van der Waals surface area contributed by atoms with E-state index in [2.05, 4.69) is 20.4 Å². The van der Waals surface area contributed by atoms with Crippen molar-refractivity contribution in [3.63, 3.8) is 0 Å². The summed E-state index contributed by atoms with van der Waals surface area (Å²) in [5.74, 6) is -2.51. The Morgan fingerprint density at radius 2 is 1.70 bits per heavy atom. The lowest BCUT2D eigenvalue weighted by molar-refractivity contribution is -0.192. The number of carboxylic acid groups (broad SMARTS) is 1. The van der Waals surface area contributed by atoms with Crippen LogP contribution in [0.3, 0.4) is 0 Å². The normalized spacial score (nSPS) is 12.7. The van der Waals surface area contributed by atoms with Gasteiger partial charge in [-0.25, -0.2) is 18.7 Å². The molecule has 4 aromatic rings. The van der Waals surface area contributed by atoms with Crippen LogP contribution in [-0.4, -0.2) is 59.6 Å². The number of hydrogen-bond acceptors (Lipinski definition) is 7. The first kappa shape index (κ1) is 31.8. The zero-order chi connectivity index (χ0) is 32.2. The van der Waals surface area contributed by atoms with Crippen molar-refractivity contribution < 1.29 is 41.4 Å². The molecule has 232 valence electrons. The number of alkyl halides is 3. The van der Waals surface area contributed by atoms with Crippen LogP contribution in [-0.2, 0) is 30.9 Å². The number of aromatic nitrogens is 5. The lowest BCUT2D eigenvalue weighted by atomic mass is 10.0. The number of nitrogens with zero attached hydrogens (tertiary/aromatic N) is 5. The van der Waals surface area contributed by atoms with Gasteiger partial charge in [0.05, 0.1) is 17.8 Å². The van der Waals surface area contributed by atoms with Gasteiger partial charge >= 0.3 is 12.1 Å². The van der Waals surface area contributed by atoms with Crippen LogP contribution in [0.2, 0.25) is 0 Å². The Bertz CT molecular complexity index is 1740. The number of H-pyrrole nitrogens is 1. The second-order valence-electron chi connectivity index (χ2n) is 9.70. The summed E-state index contributed by atoms with van der Waals surface area (Å²) in [5, 5.41) is 22.1. The third-order valence-corrected chi connectivity index (χ3v) is 6.80. The van der Waals surface area contributed by atoms with E-state index in [-0.39, 0.29) is 30.1 Å². The molecule has 2 aromatic heterocycles. The van der Waals surface area contributed by atoms with Gasteiger partial charge in [0.25, 0.3) is 11.5 Å². The summed E-state index contributed by atoms with van der Waals surface area (Å²) < 4.78 is 67.1. The Balaban J connectivity index is 0.000000566. The number of nitrogens with one attached hydrogen (secondary N) is 1. The summed E-state index contributed by atoms with van der Waals surface area (Å²) >= 11 is 0. The number of carboxylic acids is 1. The van der Waals surface area contributed by atoms with Crippen molar-refractivity contribution in [1.29, 1.82) is 0 Å². The number of carbonyl (C=O) groups excluding carboxylic acids is 1. The number of fused-ring (bicyclic) bond motifs is 1. The Morgan fingerprint density at radius 3 is 2.36 bits per heavy atom. The molecule has 11 nitrogen and oxygen atoms in total. The van der Waals surface area contributed by atoms with Gasteiger partial charge in [-0.15, -0.1) is 10.2 Å². The quantitative estimate of drug-likeness (QED) is 0.311. The molecule has 0 aliphatic carbocycles. The van der Waals surface area contributed by atoms with Crippen molar-refractivity contribution in [2.24, 2.45) is 0 Å².